The molecule has 106 heavy (non-hydrogen) atoms. The predicted molar refractivity (Wildman–Crippen MR) is 417 cm³/mol. The van der Waals surface area contributed by atoms with E-state index in [0.717, 1.165) is 81.1 Å². The number of hydrogen-bond acceptors (Lipinski definition) is 2. The van der Waals surface area contributed by atoms with E-state index in [2.05, 4.69) is 249 Å². The van der Waals surface area contributed by atoms with E-state index in [1.165, 1.54) is 199 Å². The summed E-state index contributed by atoms with van der Waals surface area (Å²) in [4.78, 5) is 9.33. The number of benzene rings is 14. The molecule has 14 aliphatic carbocycles. The Morgan fingerprint density at radius 2 is 0.462 bits per heavy atom. The van der Waals surface area contributed by atoms with Gasteiger partial charge in [-0.05, 0) is 217 Å². The molecule has 6 nitrogen and oxygen atoms in total. The van der Waals surface area contributed by atoms with Gasteiger partial charge in [0.25, 0.3) is 0 Å². The Labute approximate surface area is 607 Å². The molecule has 0 saturated carbocycles. The smallest absolute Gasteiger partial charge is 0.193 e. The fraction of sp³-hybridized carbons (Fsp3) is 0.120. The molecule has 0 fully saturated rings. The zero-order chi connectivity index (χ0) is 68.6. The summed E-state index contributed by atoms with van der Waals surface area (Å²) in [5.41, 5.74) is 48.3. The van der Waals surface area contributed by atoms with Crippen LogP contribution < -0.4 is 0 Å². The van der Waals surface area contributed by atoms with Gasteiger partial charge in [0.1, 0.15) is 0 Å². The first-order chi connectivity index (χ1) is 52.6. The second-order valence-corrected chi connectivity index (χ2v) is 32.0. The molecule has 32 rings (SSSR count). The highest BCUT2D eigenvalue weighted by atomic mass is 14.9. The van der Waals surface area contributed by atoms with Crippen molar-refractivity contribution in [2.45, 2.75) is 73.0 Å². The second-order valence-electron chi connectivity index (χ2n) is 32.0. The molecule has 14 aliphatic rings. The highest BCUT2D eigenvalue weighted by Crippen LogP contribution is 2.69. The first-order valence-electron chi connectivity index (χ1n) is 37.7. The number of aromatic nitrogens is 2. The van der Waals surface area contributed by atoms with Crippen molar-refractivity contribution in [2.75, 3.05) is 0 Å². The lowest BCUT2D eigenvalue weighted by Gasteiger charge is -2.44. The summed E-state index contributed by atoms with van der Waals surface area (Å²) < 4.78 is 5.19. The maximum absolute atomic E-state index is 12.0. The van der Waals surface area contributed by atoms with Crippen molar-refractivity contribution < 1.29 is 0 Å². The largest absolute Gasteiger partial charge is 0.310 e. The maximum Gasteiger partial charge on any atom is 0.193 e. The Kier molecular flexibility index (Phi) is 9.22. The van der Waals surface area contributed by atoms with Gasteiger partial charge in [-0.2, -0.15) is 10.5 Å². The fourth-order valence-electron chi connectivity index (χ4n) is 25.5. The molecule has 0 amide bonds. The van der Waals surface area contributed by atoms with Gasteiger partial charge in [-0.3, -0.25) is 0 Å². The van der Waals surface area contributed by atoms with Crippen molar-refractivity contribution in [3.8, 4) is 23.3 Å². The van der Waals surface area contributed by atoms with Crippen LogP contribution in [0.3, 0.4) is 0 Å². The molecule has 0 aliphatic heterocycles. The Bertz CT molecular complexity index is 6620. The van der Waals surface area contributed by atoms with Crippen LogP contribution in [0.1, 0.15) is 214 Å². The van der Waals surface area contributed by atoms with Crippen LogP contribution >= 0.6 is 0 Å². The van der Waals surface area contributed by atoms with Crippen molar-refractivity contribution in [3.05, 3.63) is 408 Å². The molecule has 14 aromatic carbocycles. The number of nitriles is 2. The van der Waals surface area contributed by atoms with Gasteiger partial charge < -0.3 is 8.80 Å². The molecule has 482 valence electrons. The maximum atomic E-state index is 12.0. The summed E-state index contributed by atoms with van der Waals surface area (Å²) in [6, 6.07) is 87.7. The molecule has 6 heteroatoms. The molecule has 0 atom stereocenters. The lowest BCUT2D eigenvalue weighted by atomic mass is 9.59. The monoisotopic (exact) mass is 1340 g/mol. The highest BCUT2D eigenvalue weighted by molar-refractivity contribution is 6.34. The van der Waals surface area contributed by atoms with Gasteiger partial charge in [0, 0.05) is 101 Å². The van der Waals surface area contributed by atoms with Crippen LogP contribution in [0.5, 0.6) is 0 Å². The van der Waals surface area contributed by atoms with Gasteiger partial charge in [-0.15, -0.1) is 0 Å². The zero-order valence-corrected chi connectivity index (χ0v) is 56.9. The predicted octanol–water partition coefficient (Wildman–Crippen LogP) is 22.6. The van der Waals surface area contributed by atoms with Crippen molar-refractivity contribution in [1.29, 1.82) is 10.5 Å². The van der Waals surface area contributed by atoms with E-state index in [9.17, 15) is 23.7 Å². The molecule has 0 saturated heterocycles. The minimum atomic E-state index is -0.129. The summed E-state index contributed by atoms with van der Waals surface area (Å²) in [6.07, 6.45) is 3.14. The van der Waals surface area contributed by atoms with E-state index in [0.29, 0.717) is 11.4 Å². The van der Waals surface area contributed by atoms with Crippen molar-refractivity contribution >= 4 is 87.6 Å². The molecule has 0 spiro atoms. The van der Waals surface area contributed by atoms with E-state index in [-0.39, 0.29) is 47.3 Å². The van der Waals surface area contributed by atoms with Gasteiger partial charge in [-0.1, -0.05) is 194 Å². The Morgan fingerprint density at radius 1 is 0.264 bits per heavy atom. The molecule has 8 bridgehead atoms. The molecular formula is C100H52N6. The van der Waals surface area contributed by atoms with Gasteiger partial charge in [0.05, 0.1) is 58.5 Å². The molecule has 0 radical (unpaired) electrons. The zero-order valence-electron chi connectivity index (χ0n) is 56.9. The second kappa shape index (κ2) is 18.0. The molecule has 4 aromatic heterocycles. The summed E-state index contributed by atoms with van der Waals surface area (Å²) in [7, 11) is 0. The van der Waals surface area contributed by atoms with Crippen LogP contribution in [0, 0.1) is 35.8 Å². The van der Waals surface area contributed by atoms with Crippen LogP contribution in [0.25, 0.3) is 97.0 Å². The minimum Gasteiger partial charge on any atom is -0.310 e. The number of aryl methyl sites for hydroxylation is 4. The third-order valence-corrected chi connectivity index (χ3v) is 28.5. The average molecular weight is 1340 g/mol. The third kappa shape index (κ3) is 5.60. The molecule has 4 heterocycles. The van der Waals surface area contributed by atoms with Crippen LogP contribution in [-0.2, 0) is 25.7 Å². The van der Waals surface area contributed by atoms with E-state index in [4.69, 9.17) is 0 Å². The van der Waals surface area contributed by atoms with Crippen LogP contribution in [0.2, 0.25) is 0 Å². The minimum absolute atomic E-state index is 0.119. The summed E-state index contributed by atoms with van der Waals surface area (Å²) in [5, 5.41) is 34.2. The average Bonchev–Trinajstić information content (AvgIpc) is 1.47. The topological polar surface area (TPSA) is 65.1 Å². The number of fused-ring (bicyclic) bond motifs is 16. The van der Waals surface area contributed by atoms with Gasteiger partial charge >= 0.3 is 0 Å². The quantitative estimate of drug-likeness (QED) is 0.142. The highest BCUT2D eigenvalue weighted by Gasteiger charge is 2.52. The van der Waals surface area contributed by atoms with E-state index in [1.54, 1.807) is 0 Å². The fourth-order valence-corrected chi connectivity index (χ4v) is 25.5. The standard InChI is InChI=1S/C100H52N6/c1-103-67-41-71-93(97-81-59-31-15-7-23-51(59)77(89(67)97)52-24-8-16-32-60(52)81)87-65-37-35-63-83-64(36-38-66(84(65)83)88-94-72(106(71)100(87)88)42-68(104-2)90-78-53-25-9-17-33-61(53)82(98(90)94)62-34-18-10-26-54(62)78)86-92-70(40-46(44-102)74-76-49-21-5-13-29-57(49)80(96(74)92)58-30-14-6-22-50(58)76)105-69-39-45(43-101)73-75-47-19-3-11-27-55(47)79(56-28-12-4-20-48(56)75)95(73)91(69)85(63)99(86)105/h3-34,39-42,75-82H,35-38H2. The molecule has 18 aromatic rings. The van der Waals surface area contributed by atoms with E-state index >= 15 is 0 Å². The van der Waals surface area contributed by atoms with Crippen LogP contribution in [0.15, 0.2) is 218 Å². The molecule has 0 N–H and O–H groups in total. The van der Waals surface area contributed by atoms with Crippen LogP contribution in [0.4, 0.5) is 11.4 Å². The van der Waals surface area contributed by atoms with E-state index < -0.39 is 0 Å². The SMILES string of the molecule is [C-]#[N+]c1cc2c(c3c1C1c4ccccc4C3c3ccccc31)c1c3c4c(c5c6c7c(c([N+]#[C-])cc6n2c15)C1c2ccccc2C7c2ccccc21)CCc1c-4c(c2c4c5c(c(C#N)cc4n4c6cc(C#N)c7c(c6c1c24)C1c2ccccc2C7c2ccccc21)C1c2ccccc2C5c2ccccc21)CC3. The number of rotatable bonds is 0. The molecular weight excluding hydrogens is 1290 g/mol. The van der Waals surface area contributed by atoms with Crippen molar-refractivity contribution in [3.63, 3.8) is 0 Å². The van der Waals surface area contributed by atoms with E-state index in [1.807, 2.05) is 0 Å². The van der Waals surface area contributed by atoms with Crippen molar-refractivity contribution in [2.24, 2.45) is 0 Å². The third-order valence-electron chi connectivity index (χ3n) is 28.5. The number of hydrogen-bond donors (Lipinski definition) is 0. The van der Waals surface area contributed by atoms with Gasteiger partial charge in [0.15, 0.2) is 11.4 Å². The Balaban J connectivity index is 0.865. The lowest BCUT2D eigenvalue weighted by molar-refractivity contribution is 0.758. The summed E-state index contributed by atoms with van der Waals surface area (Å²) in [5.74, 6) is -0.989. The Morgan fingerprint density at radius 3 is 0.679 bits per heavy atom. The number of nitrogens with zero attached hydrogens (tertiary/aromatic N) is 6. The normalized spacial score (nSPS) is 20.5. The van der Waals surface area contributed by atoms with Crippen LogP contribution in [-0.4, -0.2) is 8.80 Å². The lowest BCUT2D eigenvalue weighted by Crippen LogP contribution is -2.29. The summed E-state index contributed by atoms with van der Waals surface area (Å²) in [6.45, 7) is 18.8. The van der Waals surface area contributed by atoms with Gasteiger partial charge in [-0.25, -0.2) is 9.69 Å². The first-order valence-corrected chi connectivity index (χ1v) is 37.7. The summed E-state index contributed by atoms with van der Waals surface area (Å²) >= 11 is 0. The van der Waals surface area contributed by atoms with Gasteiger partial charge in [0.2, 0.25) is 0 Å². The first kappa shape index (κ1) is 54.4. The molecule has 0 unspecified atom stereocenters. The van der Waals surface area contributed by atoms with Crippen molar-refractivity contribution in [1.82, 2.24) is 8.80 Å². The Hall–Kier alpha value is -13.4.